The lowest BCUT2D eigenvalue weighted by Crippen LogP contribution is -2.37. The molecule has 1 saturated heterocycles. The lowest BCUT2D eigenvalue weighted by Gasteiger charge is -2.21. The molecule has 0 radical (unpaired) electrons. The van der Waals surface area contributed by atoms with Crippen molar-refractivity contribution in [2.75, 3.05) is 13.1 Å². The number of nitrogens with zero attached hydrogens (tertiary/aromatic N) is 1. The number of halogens is 1. The molecule has 20 heavy (non-hydrogen) atoms. The van der Waals surface area contributed by atoms with Gasteiger partial charge in [-0.05, 0) is 26.0 Å². The van der Waals surface area contributed by atoms with Gasteiger partial charge in [0.15, 0.2) is 0 Å². The van der Waals surface area contributed by atoms with Crippen LogP contribution in [-0.4, -0.2) is 28.9 Å². The van der Waals surface area contributed by atoms with E-state index in [1.54, 1.807) is 12.1 Å². The minimum absolute atomic E-state index is 0.179. The molecule has 4 nitrogen and oxygen atoms in total. The van der Waals surface area contributed by atoms with Crippen molar-refractivity contribution in [2.24, 2.45) is 16.9 Å². The minimum Gasteiger partial charge on any atom is -0.389 e. The van der Waals surface area contributed by atoms with Crippen molar-refractivity contribution in [1.29, 1.82) is 0 Å². The Labute approximate surface area is 122 Å². The van der Waals surface area contributed by atoms with Gasteiger partial charge in [0.2, 0.25) is 5.91 Å². The van der Waals surface area contributed by atoms with E-state index in [2.05, 4.69) is 0 Å². The number of hydrogen-bond acceptors (Lipinski definition) is 3. The van der Waals surface area contributed by atoms with E-state index in [0.29, 0.717) is 30.6 Å². The fraction of sp³-hybridized carbons (Fsp3) is 0.429. The van der Waals surface area contributed by atoms with Crippen molar-refractivity contribution < 1.29 is 9.18 Å². The van der Waals surface area contributed by atoms with Gasteiger partial charge in [0, 0.05) is 24.2 Å². The van der Waals surface area contributed by atoms with Crippen LogP contribution in [0.3, 0.4) is 0 Å². The van der Waals surface area contributed by atoms with Crippen LogP contribution < -0.4 is 11.5 Å². The average Bonchev–Trinajstić information content (AvgIpc) is 2.75. The quantitative estimate of drug-likeness (QED) is 0.818. The molecule has 0 aliphatic carbocycles. The lowest BCUT2D eigenvalue weighted by molar-refractivity contribution is -0.126. The number of thiocarbonyl (C=S) groups is 1. The summed E-state index contributed by atoms with van der Waals surface area (Å²) in [5.41, 5.74) is 11.4. The summed E-state index contributed by atoms with van der Waals surface area (Å²) in [6.07, 6.45) is 0.703. The molecule has 2 rings (SSSR count). The summed E-state index contributed by atoms with van der Waals surface area (Å²) in [5, 5.41) is 0. The van der Waals surface area contributed by atoms with Crippen molar-refractivity contribution in [2.45, 2.75) is 19.9 Å². The number of amides is 1. The molecule has 1 aromatic carbocycles. The van der Waals surface area contributed by atoms with Gasteiger partial charge in [0.1, 0.15) is 10.8 Å². The largest absolute Gasteiger partial charge is 0.389 e. The van der Waals surface area contributed by atoms with E-state index in [1.807, 2.05) is 11.8 Å². The smallest absolute Gasteiger partial charge is 0.224 e. The number of carbonyl (C=O) groups excluding carboxylic acids is 1. The number of carbonyl (C=O) groups is 1. The van der Waals surface area contributed by atoms with Crippen molar-refractivity contribution >= 4 is 23.1 Å². The first kappa shape index (κ1) is 14.9. The van der Waals surface area contributed by atoms with Crippen molar-refractivity contribution in [3.05, 3.63) is 35.1 Å². The van der Waals surface area contributed by atoms with Gasteiger partial charge in [0.05, 0.1) is 5.41 Å². The van der Waals surface area contributed by atoms with E-state index >= 15 is 0 Å². The highest BCUT2D eigenvalue weighted by atomic mass is 32.1. The first-order valence-electron chi connectivity index (χ1n) is 6.42. The van der Waals surface area contributed by atoms with Gasteiger partial charge in [0.25, 0.3) is 0 Å². The Kier molecular flexibility index (Phi) is 4.06. The summed E-state index contributed by atoms with van der Waals surface area (Å²) in [7, 11) is 0. The van der Waals surface area contributed by atoms with Gasteiger partial charge >= 0.3 is 0 Å². The van der Waals surface area contributed by atoms with Gasteiger partial charge in [-0.3, -0.25) is 9.69 Å². The zero-order valence-corrected chi connectivity index (χ0v) is 12.2. The number of likely N-dealkylation sites (tertiary alicyclic amines) is 1. The van der Waals surface area contributed by atoms with E-state index in [9.17, 15) is 9.18 Å². The Hall–Kier alpha value is -1.53. The molecule has 1 atom stereocenters. The highest BCUT2D eigenvalue weighted by Gasteiger charge is 2.38. The van der Waals surface area contributed by atoms with Crippen LogP contribution >= 0.6 is 12.2 Å². The summed E-state index contributed by atoms with van der Waals surface area (Å²) >= 11 is 4.82. The second kappa shape index (κ2) is 5.46. The van der Waals surface area contributed by atoms with Crippen LogP contribution in [0.1, 0.15) is 24.5 Å². The maximum absolute atomic E-state index is 14.0. The molecule has 1 aliphatic heterocycles. The van der Waals surface area contributed by atoms with Crippen LogP contribution in [0.15, 0.2) is 18.2 Å². The molecule has 1 amide bonds. The highest BCUT2D eigenvalue weighted by molar-refractivity contribution is 7.80. The normalized spacial score (nSPS) is 22.9. The van der Waals surface area contributed by atoms with Gasteiger partial charge < -0.3 is 11.5 Å². The molecule has 1 aliphatic rings. The maximum Gasteiger partial charge on any atom is 0.224 e. The first-order valence-corrected chi connectivity index (χ1v) is 6.83. The summed E-state index contributed by atoms with van der Waals surface area (Å²) < 4.78 is 14.0. The van der Waals surface area contributed by atoms with Crippen molar-refractivity contribution in [3.63, 3.8) is 0 Å². The number of nitrogens with two attached hydrogens (primary N) is 2. The summed E-state index contributed by atoms with van der Waals surface area (Å²) in [4.78, 5) is 13.6. The molecule has 1 heterocycles. The monoisotopic (exact) mass is 295 g/mol. The molecule has 6 heteroatoms. The zero-order chi connectivity index (χ0) is 14.9. The van der Waals surface area contributed by atoms with Gasteiger partial charge in [-0.2, -0.15) is 0 Å². The molecular formula is C14H18FN3OS. The lowest BCUT2D eigenvalue weighted by atomic mass is 9.89. The number of rotatable bonds is 4. The Balaban J connectivity index is 2.09. The summed E-state index contributed by atoms with van der Waals surface area (Å²) in [6, 6.07) is 4.74. The van der Waals surface area contributed by atoms with Crippen LogP contribution in [0.2, 0.25) is 0 Å². The number of hydrogen-bond donors (Lipinski definition) is 2. The van der Waals surface area contributed by atoms with Crippen LogP contribution in [-0.2, 0) is 11.3 Å². The third-order valence-corrected chi connectivity index (χ3v) is 4.11. The molecule has 0 saturated carbocycles. The van der Waals surface area contributed by atoms with E-state index < -0.39 is 5.41 Å². The SMILES string of the molecule is CC1(C(N)=O)CCN(Cc2ccc(C(N)=S)cc2F)C1. The van der Waals surface area contributed by atoms with E-state index in [1.165, 1.54) is 6.07 Å². The predicted molar refractivity (Wildman–Crippen MR) is 79.5 cm³/mol. The predicted octanol–water partition coefficient (Wildman–Crippen LogP) is 1.16. The molecule has 108 valence electrons. The van der Waals surface area contributed by atoms with Crippen LogP contribution in [0.5, 0.6) is 0 Å². The second-order valence-electron chi connectivity index (χ2n) is 5.56. The zero-order valence-electron chi connectivity index (χ0n) is 11.4. The van der Waals surface area contributed by atoms with Crippen LogP contribution in [0.25, 0.3) is 0 Å². The standard InChI is InChI=1S/C14H18FN3OS/c1-14(13(17)19)4-5-18(8-14)7-10-3-2-9(12(16)20)6-11(10)15/h2-3,6H,4-5,7-8H2,1H3,(H2,16,20)(H2,17,19). The molecule has 0 bridgehead atoms. The van der Waals surface area contributed by atoms with Crippen molar-refractivity contribution in [1.82, 2.24) is 4.90 Å². The Morgan fingerprint density at radius 3 is 2.70 bits per heavy atom. The van der Waals surface area contributed by atoms with Gasteiger partial charge in [-0.1, -0.05) is 24.4 Å². The van der Waals surface area contributed by atoms with Crippen molar-refractivity contribution in [3.8, 4) is 0 Å². The second-order valence-corrected chi connectivity index (χ2v) is 6.00. The maximum atomic E-state index is 14.0. The summed E-state index contributed by atoms with van der Waals surface area (Å²) in [5.74, 6) is -0.632. The third kappa shape index (κ3) is 2.96. The highest BCUT2D eigenvalue weighted by Crippen LogP contribution is 2.30. The molecule has 1 fully saturated rings. The van der Waals surface area contributed by atoms with Gasteiger partial charge in [-0.15, -0.1) is 0 Å². The number of benzene rings is 1. The Bertz CT molecular complexity index is 563. The Morgan fingerprint density at radius 1 is 1.50 bits per heavy atom. The minimum atomic E-state index is -0.519. The molecule has 0 aromatic heterocycles. The molecule has 1 aromatic rings. The van der Waals surface area contributed by atoms with E-state index in [0.717, 1.165) is 6.54 Å². The molecular weight excluding hydrogens is 277 g/mol. The average molecular weight is 295 g/mol. The topological polar surface area (TPSA) is 72.4 Å². The van der Waals surface area contributed by atoms with Crippen LogP contribution in [0, 0.1) is 11.2 Å². The fourth-order valence-corrected chi connectivity index (χ4v) is 2.59. The fourth-order valence-electron chi connectivity index (χ4n) is 2.46. The number of primary amides is 1. The first-order chi connectivity index (χ1) is 9.32. The molecule has 4 N–H and O–H groups in total. The Morgan fingerprint density at radius 2 is 2.20 bits per heavy atom. The van der Waals surface area contributed by atoms with Crippen LogP contribution in [0.4, 0.5) is 4.39 Å². The molecule has 0 spiro atoms. The third-order valence-electron chi connectivity index (χ3n) is 3.88. The summed E-state index contributed by atoms with van der Waals surface area (Å²) in [6.45, 7) is 3.59. The molecule has 1 unspecified atom stereocenters. The van der Waals surface area contributed by atoms with E-state index in [4.69, 9.17) is 23.7 Å². The van der Waals surface area contributed by atoms with Gasteiger partial charge in [-0.25, -0.2) is 4.39 Å². The van der Waals surface area contributed by atoms with E-state index in [-0.39, 0.29) is 16.7 Å².